The van der Waals surface area contributed by atoms with E-state index in [9.17, 15) is 0 Å². The topological polar surface area (TPSA) is 3.24 Å². The van der Waals surface area contributed by atoms with Crippen molar-refractivity contribution in [3.8, 4) is 0 Å². The Labute approximate surface area is 146 Å². The van der Waals surface area contributed by atoms with Gasteiger partial charge >= 0.3 is 0 Å². The van der Waals surface area contributed by atoms with Crippen molar-refractivity contribution in [1.29, 1.82) is 0 Å². The Morgan fingerprint density at radius 3 is 1.30 bits per heavy atom. The highest BCUT2D eigenvalue weighted by Crippen LogP contribution is 2.34. The van der Waals surface area contributed by atoms with E-state index in [2.05, 4.69) is 107 Å². The highest BCUT2D eigenvalue weighted by molar-refractivity contribution is 9.08. The van der Waals surface area contributed by atoms with Crippen LogP contribution in [0.2, 0.25) is 0 Å². The molecule has 0 atom stereocenters. The number of anilines is 3. The Morgan fingerprint density at radius 1 is 0.609 bits per heavy atom. The minimum atomic E-state index is 0.877. The van der Waals surface area contributed by atoms with Gasteiger partial charge in [-0.3, -0.25) is 0 Å². The number of hydrogen-bond donors (Lipinski definition) is 0. The van der Waals surface area contributed by atoms with Crippen molar-refractivity contribution < 1.29 is 0 Å². The molecule has 0 saturated carbocycles. The Morgan fingerprint density at radius 2 is 0.957 bits per heavy atom. The van der Waals surface area contributed by atoms with E-state index in [1.54, 1.807) is 0 Å². The van der Waals surface area contributed by atoms with Gasteiger partial charge in [0, 0.05) is 22.4 Å². The molecule has 3 aromatic rings. The third-order valence-electron chi connectivity index (χ3n) is 3.93. The standard InChI is InChI=1S/C21H20BrN/c1-16-3-9-19(10-4-16)23(20-11-5-17(2)6-12-20)21-13-7-18(15-22)8-14-21/h3-14H,15H2,1-2H3. The van der Waals surface area contributed by atoms with Gasteiger partial charge in [-0.15, -0.1) is 0 Å². The summed E-state index contributed by atoms with van der Waals surface area (Å²) >= 11 is 3.51. The monoisotopic (exact) mass is 365 g/mol. The third kappa shape index (κ3) is 3.65. The maximum absolute atomic E-state index is 3.51. The van der Waals surface area contributed by atoms with Crippen molar-refractivity contribution in [3.63, 3.8) is 0 Å². The Kier molecular flexibility index (Phi) is 4.82. The van der Waals surface area contributed by atoms with Crippen LogP contribution < -0.4 is 4.90 Å². The molecule has 0 aliphatic heterocycles. The number of rotatable bonds is 4. The van der Waals surface area contributed by atoms with Crippen LogP contribution in [0.4, 0.5) is 17.1 Å². The van der Waals surface area contributed by atoms with Gasteiger partial charge in [0.2, 0.25) is 0 Å². The second-order valence-electron chi connectivity index (χ2n) is 5.81. The molecule has 0 heterocycles. The second kappa shape index (κ2) is 7.01. The predicted molar refractivity (Wildman–Crippen MR) is 103 cm³/mol. The number of aryl methyl sites for hydroxylation is 2. The second-order valence-corrected chi connectivity index (χ2v) is 6.37. The van der Waals surface area contributed by atoms with Gasteiger partial charge < -0.3 is 4.90 Å². The Hall–Kier alpha value is -2.06. The van der Waals surface area contributed by atoms with Crippen LogP contribution in [0.25, 0.3) is 0 Å². The summed E-state index contributed by atoms with van der Waals surface area (Å²) in [5.74, 6) is 0. The molecule has 0 fully saturated rings. The zero-order chi connectivity index (χ0) is 16.2. The summed E-state index contributed by atoms with van der Waals surface area (Å²) in [6.45, 7) is 4.23. The molecule has 1 nitrogen and oxygen atoms in total. The maximum Gasteiger partial charge on any atom is 0.0461 e. The molecule has 3 rings (SSSR count). The normalized spacial score (nSPS) is 10.6. The first-order chi connectivity index (χ1) is 11.2. The van der Waals surface area contributed by atoms with E-state index in [0.717, 1.165) is 5.33 Å². The van der Waals surface area contributed by atoms with Crippen LogP contribution in [0.3, 0.4) is 0 Å². The molecular weight excluding hydrogens is 346 g/mol. The van der Waals surface area contributed by atoms with Crippen molar-refractivity contribution in [2.75, 3.05) is 4.90 Å². The van der Waals surface area contributed by atoms with E-state index < -0.39 is 0 Å². The van der Waals surface area contributed by atoms with E-state index in [1.807, 2.05) is 0 Å². The first-order valence-electron chi connectivity index (χ1n) is 7.76. The highest BCUT2D eigenvalue weighted by Gasteiger charge is 2.11. The SMILES string of the molecule is Cc1ccc(N(c2ccc(C)cc2)c2ccc(CBr)cc2)cc1. The molecule has 0 saturated heterocycles. The molecule has 3 aromatic carbocycles. The fourth-order valence-corrected chi connectivity index (χ4v) is 2.94. The molecular formula is C21H20BrN. The van der Waals surface area contributed by atoms with Gasteiger partial charge in [0.1, 0.15) is 0 Å². The molecule has 0 unspecified atom stereocenters. The molecule has 116 valence electrons. The van der Waals surface area contributed by atoms with Crippen LogP contribution in [-0.2, 0) is 5.33 Å². The quantitative estimate of drug-likeness (QED) is 0.466. The van der Waals surface area contributed by atoms with Gasteiger partial charge in [-0.05, 0) is 55.8 Å². The zero-order valence-electron chi connectivity index (χ0n) is 13.5. The minimum Gasteiger partial charge on any atom is -0.311 e. The summed E-state index contributed by atoms with van der Waals surface area (Å²) in [6.07, 6.45) is 0. The lowest BCUT2D eigenvalue weighted by molar-refractivity contribution is 1.26. The molecule has 0 amide bonds. The van der Waals surface area contributed by atoms with E-state index in [1.165, 1.54) is 33.8 Å². The van der Waals surface area contributed by atoms with E-state index in [0.29, 0.717) is 0 Å². The summed E-state index contributed by atoms with van der Waals surface area (Å²) in [6, 6.07) is 26.0. The third-order valence-corrected chi connectivity index (χ3v) is 4.58. The summed E-state index contributed by atoms with van der Waals surface area (Å²) in [7, 11) is 0. The lowest BCUT2D eigenvalue weighted by Gasteiger charge is -2.26. The van der Waals surface area contributed by atoms with Crippen LogP contribution in [-0.4, -0.2) is 0 Å². The molecule has 23 heavy (non-hydrogen) atoms. The average Bonchev–Trinajstić information content (AvgIpc) is 2.59. The van der Waals surface area contributed by atoms with E-state index in [-0.39, 0.29) is 0 Å². The van der Waals surface area contributed by atoms with Gasteiger partial charge in [-0.1, -0.05) is 63.5 Å². The van der Waals surface area contributed by atoms with Gasteiger partial charge in [-0.2, -0.15) is 0 Å². The highest BCUT2D eigenvalue weighted by atomic mass is 79.9. The minimum absolute atomic E-state index is 0.877. The van der Waals surface area contributed by atoms with Crippen molar-refractivity contribution in [3.05, 3.63) is 89.5 Å². The molecule has 0 radical (unpaired) electrons. The van der Waals surface area contributed by atoms with Gasteiger partial charge in [-0.25, -0.2) is 0 Å². The molecule has 0 bridgehead atoms. The lowest BCUT2D eigenvalue weighted by atomic mass is 10.1. The Bertz CT molecular complexity index is 713. The van der Waals surface area contributed by atoms with Crippen molar-refractivity contribution in [1.82, 2.24) is 0 Å². The van der Waals surface area contributed by atoms with Crippen LogP contribution in [0.5, 0.6) is 0 Å². The van der Waals surface area contributed by atoms with Gasteiger partial charge in [0.05, 0.1) is 0 Å². The molecule has 0 aliphatic rings. The summed E-state index contributed by atoms with van der Waals surface area (Å²) in [5.41, 5.74) is 7.33. The average molecular weight is 366 g/mol. The molecule has 0 spiro atoms. The first-order valence-corrected chi connectivity index (χ1v) is 8.88. The number of nitrogens with zero attached hydrogens (tertiary/aromatic N) is 1. The first kappa shape index (κ1) is 15.8. The van der Waals surface area contributed by atoms with Crippen molar-refractivity contribution in [2.45, 2.75) is 19.2 Å². The summed E-state index contributed by atoms with van der Waals surface area (Å²) < 4.78 is 0. The Balaban J connectivity index is 2.08. The van der Waals surface area contributed by atoms with Crippen LogP contribution in [0.15, 0.2) is 72.8 Å². The van der Waals surface area contributed by atoms with Crippen molar-refractivity contribution in [2.24, 2.45) is 0 Å². The van der Waals surface area contributed by atoms with Gasteiger partial charge in [0.25, 0.3) is 0 Å². The van der Waals surface area contributed by atoms with Crippen LogP contribution in [0, 0.1) is 13.8 Å². The number of alkyl halides is 1. The molecule has 2 heteroatoms. The summed E-state index contributed by atoms with van der Waals surface area (Å²) in [5, 5.41) is 0.877. The number of halogens is 1. The zero-order valence-corrected chi connectivity index (χ0v) is 15.0. The summed E-state index contributed by atoms with van der Waals surface area (Å²) in [4.78, 5) is 2.29. The smallest absolute Gasteiger partial charge is 0.0461 e. The molecule has 0 N–H and O–H groups in total. The van der Waals surface area contributed by atoms with E-state index >= 15 is 0 Å². The van der Waals surface area contributed by atoms with Crippen LogP contribution >= 0.6 is 15.9 Å². The van der Waals surface area contributed by atoms with Gasteiger partial charge in [0.15, 0.2) is 0 Å². The van der Waals surface area contributed by atoms with E-state index in [4.69, 9.17) is 0 Å². The predicted octanol–water partition coefficient (Wildman–Crippen LogP) is 6.67. The number of hydrogen-bond acceptors (Lipinski definition) is 1. The fraction of sp³-hybridized carbons (Fsp3) is 0.143. The molecule has 0 aromatic heterocycles. The molecule has 0 aliphatic carbocycles. The number of benzene rings is 3. The van der Waals surface area contributed by atoms with Crippen molar-refractivity contribution >= 4 is 33.0 Å². The largest absolute Gasteiger partial charge is 0.311 e. The fourth-order valence-electron chi connectivity index (χ4n) is 2.57. The maximum atomic E-state index is 3.51. The van der Waals surface area contributed by atoms with Crippen LogP contribution in [0.1, 0.15) is 16.7 Å². The lowest BCUT2D eigenvalue weighted by Crippen LogP contribution is -2.09.